The van der Waals surface area contributed by atoms with Crippen molar-refractivity contribution in [2.24, 2.45) is 0 Å². The predicted octanol–water partition coefficient (Wildman–Crippen LogP) is 1.17. The summed E-state index contributed by atoms with van der Waals surface area (Å²) in [5, 5.41) is 24.5. The van der Waals surface area contributed by atoms with Gasteiger partial charge < -0.3 is 20.0 Å². The normalized spacial score (nSPS) is 13.7. The molecule has 2 aromatic heterocycles. The van der Waals surface area contributed by atoms with E-state index in [0.29, 0.717) is 21.8 Å². The van der Waals surface area contributed by atoms with Crippen LogP contribution in [0.25, 0.3) is 0 Å². The predicted molar refractivity (Wildman–Crippen MR) is 75.5 cm³/mol. The third-order valence-corrected chi connectivity index (χ3v) is 3.27. The van der Waals surface area contributed by atoms with Gasteiger partial charge >= 0.3 is 5.91 Å². The molecule has 0 aliphatic heterocycles. The largest absolute Gasteiger partial charge is 0.618 e. The molecule has 1 atom stereocenters. The Kier molecular flexibility index (Phi) is 3.99. The Morgan fingerprint density at radius 2 is 2.19 bits per heavy atom. The summed E-state index contributed by atoms with van der Waals surface area (Å²) in [5.41, 5.74) is -0.684. The maximum Gasteiger partial charge on any atom is 0.317 e. The van der Waals surface area contributed by atoms with Crippen LogP contribution in [0.5, 0.6) is 0 Å². The second-order valence-electron chi connectivity index (χ2n) is 5.20. The quantitative estimate of drug-likeness (QED) is 0.653. The van der Waals surface area contributed by atoms with Crippen molar-refractivity contribution < 1.29 is 19.0 Å². The van der Waals surface area contributed by atoms with Crippen molar-refractivity contribution in [2.75, 3.05) is 6.54 Å². The number of carbonyl (C=O) groups is 1. The third-order valence-electron chi connectivity index (χ3n) is 3.27. The van der Waals surface area contributed by atoms with Gasteiger partial charge in [-0.05, 0) is 32.9 Å². The molecule has 6 nitrogen and oxygen atoms in total. The molecule has 0 aliphatic carbocycles. The van der Waals surface area contributed by atoms with E-state index in [-0.39, 0.29) is 12.2 Å². The van der Waals surface area contributed by atoms with Crippen molar-refractivity contribution >= 4 is 5.91 Å². The van der Waals surface area contributed by atoms with Gasteiger partial charge in [-0.1, -0.05) is 0 Å². The molecule has 0 saturated carbocycles. The molecule has 1 amide bonds. The molecule has 21 heavy (non-hydrogen) atoms. The number of pyridine rings is 1. The molecule has 0 spiro atoms. The third kappa shape index (κ3) is 3.22. The van der Waals surface area contributed by atoms with E-state index in [4.69, 9.17) is 4.42 Å². The summed E-state index contributed by atoms with van der Waals surface area (Å²) in [7, 11) is 0. The summed E-state index contributed by atoms with van der Waals surface area (Å²) in [6, 6.07) is 6.30. The van der Waals surface area contributed by atoms with Crippen LogP contribution < -0.4 is 10.0 Å². The Hall–Kier alpha value is -2.34. The van der Waals surface area contributed by atoms with Crippen LogP contribution in [0.3, 0.4) is 0 Å². The van der Waals surface area contributed by atoms with E-state index in [2.05, 4.69) is 5.32 Å². The van der Waals surface area contributed by atoms with Gasteiger partial charge in [-0.3, -0.25) is 4.79 Å². The maximum absolute atomic E-state index is 12.0. The standard InChI is InChI=1S/C15H18N2O4/c1-10-8-12(11(2)21-10)15(3,19)9-16-14(18)13-6-4-5-7-17(13)20/h4-8,19H,9H2,1-3H3,(H,16,18). The van der Waals surface area contributed by atoms with Crippen molar-refractivity contribution in [2.45, 2.75) is 26.4 Å². The molecule has 0 radical (unpaired) electrons. The molecule has 6 heteroatoms. The maximum atomic E-state index is 12.0. The van der Waals surface area contributed by atoms with E-state index in [1.54, 1.807) is 32.9 Å². The van der Waals surface area contributed by atoms with Gasteiger partial charge in [-0.25, -0.2) is 0 Å². The van der Waals surface area contributed by atoms with Crippen LogP contribution in [-0.4, -0.2) is 17.6 Å². The molecular weight excluding hydrogens is 272 g/mol. The lowest BCUT2D eigenvalue weighted by atomic mass is 9.96. The first-order valence-electron chi connectivity index (χ1n) is 6.57. The molecular formula is C15H18N2O4. The molecule has 112 valence electrons. The molecule has 0 aromatic carbocycles. The second-order valence-corrected chi connectivity index (χ2v) is 5.20. The molecule has 2 heterocycles. The van der Waals surface area contributed by atoms with Crippen molar-refractivity contribution in [1.29, 1.82) is 0 Å². The van der Waals surface area contributed by atoms with Gasteiger partial charge in [-0.2, -0.15) is 4.73 Å². The van der Waals surface area contributed by atoms with Crippen LogP contribution in [0.15, 0.2) is 34.9 Å². The second kappa shape index (κ2) is 5.57. The van der Waals surface area contributed by atoms with Crippen LogP contribution in [-0.2, 0) is 5.60 Å². The fraction of sp³-hybridized carbons (Fsp3) is 0.333. The lowest BCUT2D eigenvalue weighted by Crippen LogP contribution is -2.43. The van der Waals surface area contributed by atoms with Gasteiger partial charge in [0.2, 0.25) is 0 Å². The van der Waals surface area contributed by atoms with Crippen molar-refractivity contribution in [3.05, 3.63) is 58.4 Å². The highest BCUT2D eigenvalue weighted by Crippen LogP contribution is 2.26. The summed E-state index contributed by atoms with van der Waals surface area (Å²) in [6.45, 7) is 5.10. The number of carbonyl (C=O) groups excluding carboxylic acids is 1. The molecule has 2 aromatic rings. The number of hydrogen-bond acceptors (Lipinski definition) is 4. The van der Waals surface area contributed by atoms with E-state index in [0.717, 1.165) is 0 Å². The first kappa shape index (κ1) is 15.1. The zero-order valence-electron chi connectivity index (χ0n) is 12.2. The van der Waals surface area contributed by atoms with Gasteiger partial charge in [0.15, 0.2) is 6.20 Å². The Morgan fingerprint density at radius 3 is 2.76 bits per heavy atom. The van der Waals surface area contributed by atoms with Gasteiger partial charge in [0, 0.05) is 17.7 Å². The summed E-state index contributed by atoms with van der Waals surface area (Å²) >= 11 is 0. The Balaban J connectivity index is 2.10. The highest BCUT2D eigenvalue weighted by atomic mass is 16.5. The van der Waals surface area contributed by atoms with Crippen LogP contribution in [0.2, 0.25) is 0 Å². The van der Waals surface area contributed by atoms with E-state index in [1.165, 1.54) is 18.3 Å². The minimum Gasteiger partial charge on any atom is -0.618 e. The summed E-state index contributed by atoms with van der Waals surface area (Å²) in [5.74, 6) is 0.753. The monoisotopic (exact) mass is 290 g/mol. The summed E-state index contributed by atoms with van der Waals surface area (Å²) < 4.78 is 5.87. The highest BCUT2D eigenvalue weighted by Gasteiger charge is 2.29. The Bertz CT molecular complexity index is 661. The number of amides is 1. The van der Waals surface area contributed by atoms with Crippen molar-refractivity contribution in [1.82, 2.24) is 5.32 Å². The minimum atomic E-state index is -1.28. The zero-order valence-corrected chi connectivity index (χ0v) is 12.2. The molecule has 0 fully saturated rings. The van der Waals surface area contributed by atoms with Gasteiger partial charge in [0.25, 0.3) is 5.69 Å². The average molecular weight is 290 g/mol. The number of hydrogen-bond donors (Lipinski definition) is 2. The lowest BCUT2D eigenvalue weighted by molar-refractivity contribution is -0.607. The lowest BCUT2D eigenvalue weighted by Gasteiger charge is -2.23. The fourth-order valence-electron chi connectivity index (χ4n) is 2.21. The van der Waals surface area contributed by atoms with Crippen LogP contribution >= 0.6 is 0 Å². The van der Waals surface area contributed by atoms with Crippen molar-refractivity contribution in [3.63, 3.8) is 0 Å². The number of rotatable bonds is 4. The topological polar surface area (TPSA) is 89.4 Å². The molecule has 0 bridgehead atoms. The van der Waals surface area contributed by atoms with E-state index in [1.807, 2.05) is 0 Å². The summed E-state index contributed by atoms with van der Waals surface area (Å²) in [6.07, 6.45) is 1.25. The number of aromatic nitrogens is 1. The molecule has 2 N–H and O–H groups in total. The SMILES string of the molecule is Cc1cc(C(C)(O)CNC(=O)c2cccc[n+]2[O-])c(C)o1. The first-order chi connectivity index (χ1) is 9.81. The van der Waals surface area contributed by atoms with Gasteiger partial charge in [0.05, 0.1) is 6.54 Å². The van der Waals surface area contributed by atoms with Crippen LogP contribution in [0.1, 0.15) is 34.5 Å². The molecule has 1 unspecified atom stereocenters. The zero-order chi connectivity index (χ0) is 15.6. The van der Waals surface area contributed by atoms with Gasteiger partial charge in [0.1, 0.15) is 17.1 Å². The van der Waals surface area contributed by atoms with Crippen LogP contribution in [0, 0.1) is 19.1 Å². The Morgan fingerprint density at radius 1 is 1.48 bits per heavy atom. The van der Waals surface area contributed by atoms with E-state index >= 15 is 0 Å². The number of furan rings is 1. The molecule has 0 saturated heterocycles. The minimum absolute atomic E-state index is 0.0200. The van der Waals surface area contributed by atoms with Crippen molar-refractivity contribution in [3.8, 4) is 0 Å². The van der Waals surface area contributed by atoms with Crippen LogP contribution in [0.4, 0.5) is 0 Å². The molecule has 2 rings (SSSR count). The average Bonchev–Trinajstić information content (AvgIpc) is 2.76. The fourth-order valence-corrected chi connectivity index (χ4v) is 2.21. The smallest absolute Gasteiger partial charge is 0.317 e. The van der Waals surface area contributed by atoms with E-state index in [9.17, 15) is 15.1 Å². The number of nitrogens with one attached hydrogen (secondary N) is 1. The highest BCUT2D eigenvalue weighted by molar-refractivity contribution is 5.90. The number of aryl methyl sites for hydroxylation is 2. The van der Waals surface area contributed by atoms with E-state index < -0.39 is 11.5 Å². The van der Waals surface area contributed by atoms with Gasteiger partial charge in [-0.15, -0.1) is 0 Å². The first-order valence-corrected chi connectivity index (χ1v) is 6.57. The number of aliphatic hydroxyl groups is 1. The summed E-state index contributed by atoms with van der Waals surface area (Å²) in [4.78, 5) is 12.0. The Labute approximate surface area is 122 Å². The number of nitrogens with zero attached hydrogens (tertiary/aromatic N) is 1. The molecule has 0 aliphatic rings.